The minimum atomic E-state index is -0.988. The number of unbranched alkanes of at least 4 members (excludes halogenated alkanes) is 10. The highest BCUT2D eigenvalue weighted by molar-refractivity contribution is 5.69. The maximum absolute atomic E-state index is 11.8. The molecule has 1 atom stereocenters. The highest BCUT2D eigenvalue weighted by atomic mass is 16.6. The lowest BCUT2D eigenvalue weighted by atomic mass is 10.1. The Morgan fingerprint density at radius 1 is 0.590 bits per heavy atom. The molecule has 0 saturated heterocycles. The molecule has 0 aromatic rings. The molecule has 0 aromatic carbocycles. The molecule has 224 valence electrons. The van der Waals surface area contributed by atoms with Crippen LogP contribution in [-0.4, -0.2) is 48.1 Å². The molecule has 0 heterocycles. The number of carbonyl (C=O) groups is 2. The molecule has 0 saturated carbocycles. The quantitative estimate of drug-likeness (QED) is 0.0621. The lowest BCUT2D eigenvalue weighted by Gasteiger charge is -2.12. The van der Waals surface area contributed by atoms with Crippen molar-refractivity contribution in [2.24, 2.45) is 0 Å². The topological polar surface area (TPSA) is 93.1 Å². The highest BCUT2D eigenvalue weighted by Gasteiger charge is 2.11. The zero-order chi connectivity index (χ0) is 28.7. The molecule has 0 unspecified atom stereocenters. The van der Waals surface area contributed by atoms with Crippen LogP contribution in [0.3, 0.4) is 0 Å². The van der Waals surface area contributed by atoms with Gasteiger partial charge in [0.25, 0.3) is 0 Å². The maximum Gasteiger partial charge on any atom is 0.305 e. The zero-order valence-corrected chi connectivity index (χ0v) is 24.6. The van der Waals surface area contributed by atoms with Crippen LogP contribution in [0, 0.1) is 0 Å². The van der Waals surface area contributed by atoms with Crippen molar-refractivity contribution < 1.29 is 29.3 Å². The third kappa shape index (κ3) is 30.2. The number of hydrogen-bond acceptors (Lipinski definition) is 6. The summed E-state index contributed by atoms with van der Waals surface area (Å²) >= 11 is 0. The fourth-order valence-corrected chi connectivity index (χ4v) is 3.76. The molecule has 0 radical (unpaired) electrons. The van der Waals surface area contributed by atoms with Crippen molar-refractivity contribution in [3.63, 3.8) is 0 Å². The van der Waals surface area contributed by atoms with Crippen molar-refractivity contribution in [2.45, 2.75) is 129 Å². The van der Waals surface area contributed by atoms with E-state index in [4.69, 9.17) is 14.6 Å². The Labute approximate surface area is 238 Å². The number of hydrogen-bond donors (Lipinski definition) is 2. The minimum Gasteiger partial charge on any atom is -0.463 e. The largest absolute Gasteiger partial charge is 0.463 e. The van der Waals surface area contributed by atoms with Crippen LogP contribution in [-0.2, 0) is 19.1 Å². The molecule has 0 aliphatic carbocycles. The van der Waals surface area contributed by atoms with E-state index in [9.17, 15) is 14.7 Å². The molecule has 0 amide bonds. The first-order valence-corrected chi connectivity index (χ1v) is 15.3. The summed E-state index contributed by atoms with van der Waals surface area (Å²) in [5.74, 6) is -0.655. The molecule has 0 bridgehead atoms. The lowest BCUT2D eigenvalue weighted by molar-refractivity contribution is -0.152. The van der Waals surface area contributed by atoms with Gasteiger partial charge in [-0.05, 0) is 57.8 Å². The van der Waals surface area contributed by atoms with Crippen LogP contribution in [0.15, 0.2) is 48.6 Å². The molecule has 0 fully saturated rings. The Kier molecular flexibility index (Phi) is 28.7. The van der Waals surface area contributed by atoms with E-state index in [1.165, 1.54) is 25.7 Å². The molecule has 2 N–H and O–H groups in total. The smallest absolute Gasteiger partial charge is 0.305 e. The second-order valence-corrected chi connectivity index (χ2v) is 9.95. The molecule has 6 heteroatoms. The molecule has 0 rings (SSSR count). The molecule has 0 aliphatic rings. The average Bonchev–Trinajstić information content (AvgIpc) is 2.93. The summed E-state index contributed by atoms with van der Waals surface area (Å²) in [5, 5.41) is 18.6. The van der Waals surface area contributed by atoms with Crippen LogP contribution in [0.2, 0.25) is 0 Å². The normalized spacial score (nSPS) is 12.8. The first-order valence-electron chi connectivity index (χ1n) is 15.3. The predicted molar refractivity (Wildman–Crippen MR) is 160 cm³/mol. The van der Waals surface area contributed by atoms with Crippen LogP contribution < -0.4 is 0 Å². The third-order valence-electron chi connectivity index (χ3n) is 6.12. The molecule has 39 heavy (non-hydrogen) atoms. The van der Waals surface area contributed by atoms with Crippen molar-refractivity contribution in [3.8, 4) is 0 Å². The Morgan fingerprint density at radius 3 is 1.56 bits per heavy atom. The summed E-state index contributed by atoms with van der Waals surface area (Å²) < 4.78 is 10.2. The number of allylic oxidation sites excluding steroid dienone is 8. The summed E-state index contributed by atoms with van der Waals surface area (Å²) in [6.07, 6.45) is 33.3. The van der Waals surface area contributed by atoms with Gasteiger partial charge in [0.15, 0.2) is 0 Å². The van der Waals surface area contributed by atoms with Crippen LogP contribution >= 0.6 is 0 Å². The first-order chi connectivity index (χ1) is 19.1. The standard InChI is InChI=1S/C33H56O6/c1-2-3-4-5-17-20-23-26-32(36)38-29-31(35)30-39-33(37)27-24-21-18-15-13-11-9-7-6-8-10-12-14-16-19-22-25-28-34/h6,8-9,11-12,14-15,18,31,34-35H,2-5,7,10,13,16-17,19-30H2,1H3/b8-6-,11-9-,14-12-,18-15-/t31-/m1/s1. The van der Waals surface area contributed by atoms with Crippen molar-refractivity contribution in [1.82, 2.24) is 0 Å². The summed E-state index contributed by atoms with van der Waals surface area (Å²) in [6, 6.07) is 0. The molecular formula is C33H56O6. The van der Waals surface area contributed by atoms with Gasteiger partial charge in [0.2, 0.25) is 0 Å². The highest BCUT2D eigenvalue weighted by Crippen LogP contribution is 2.09. The van der Waals surface area contributed by atoms with Gasteiger partial charge in [-0.2, -0.15) is 0 Å². The Hall–Kier alpha value is -2.18. The average molecular weight is 549 g/mol. The van der Waals surface area contributed by atoms with Gasteiger partial charge in [-0.1, -0.05) is 100 Å². The van der Waals surface area contributed by atoms with Gasteiger partial charge in [0, 0.05) is 19.4 Å². The minimum absolute atomic E-state index is 0.140. The van der Waals surface area contributed by atoms with Gasteiger partial charge in [0.05, 0.1) is 0 Å². The number of ether oxygens (including phenoxy) is 2. The molecule has 0 aliphatic heterocycles. The number of aliphatic hydroxyl groups excluding tert-OH is 2. The second kappa shape index (κ2) is 30.4. The van der Waals surface area contributed by atoms with Crippen molar-refractivity contribution >= 4 is 11.9 Å². The summed E-state index contributed by atoms with van der Waals surface area (Å²) in [4.78, 5) is 23.6. The first kappa shape index (κ1) is 36.8. The van der Waals surface area contributed by atoms with Gasteiger partial charge >= 0.3 is 11.9 Å². The molecule has 6 nitrogen and oxygen atoms in total. The maximum atomic E-state index is 11.8. The van der Waals surface area contributed by atoms with Crippen molar-refractivity contribution in [2.75, 3.05) is 19.8 Å². The van der Waals surface area contributed by atoms with E-state index < -0.39 is 6.10 Å². The van der Waals surface area contributed by atoms with E-state index >= 15 is 0 Å². The van der Waals surface area contributed by atoms with Gasteiger partial charge in [-0.25, -0.2) is 0 Å². The fraction of sp³-hybridized carbons (Fsp3) is 0.697. The number of rotatable bonds is 27. The van der Waals surface area contributed by atoms with Gasteiger partial charge in [-0.15, -0.1) is 0 Å². The SMILES string of the molecule is CCCCCCCCCC(=O)OC[C@@H](O)COC(=O)CCC/C=C\C/C=C\C/C=C\C/C=C\CCCCCO. The summed E-state index contributed by atoms with van der Waals surface area (Å²) in [6.45, 7) is 2.19. The van der Waals surface area contributed by atoms with Gasteiger partial charge < -0.3 is 19.7 Å². The molecule has 0 aromatic heterocycles. The van der Waals surface area contributed by atoms with E-state index in [-0.39, 0.29) is 25.2 Å². The Bertz CT molecular complexity index is 680. The predicted octanol–water partition coefficient (Wildman–Crippen LogP) is 7.69. The fourth-order valence-electron chi connectivity index (χ4n) is 3.76. The van der Waals surface area contributed by atoms with E-state index in [2.05, 4.69) is 55.5 Å². The van der Waals surface area contributed by atoms with Crippen LogP contribution in [0.25, 0.3) is 0 Å². The number of carbonyl (C=O) groups excluding carboxylic acids is 2. The van der Waals surface area contributed by atoms with Gasteiger partial charge in [0.1, 0.15) is 19.3 Å². The summed E-state index contributed by atoms with van der Waals surface area (Å²) in [5.41, 5.74) is 0. The third-order valence-corrected chi connectivity index (χ3v) is 6.12. The second-order valence-electron chi connectivity index (χ2n) is 9.95. The number of esters is 2. The zero-order valence-electron chi connectivity index (χ0n) is 24.6. The van der Waals surface area contributed by atoms with Crippen molar-refractivity contribution in [3.05, 3.63) is 48.6 Å². The summed E-state index contributed by atoms with van der Waals surface area (Å²) in [7, 11) is 0. The van der Waals surface area contributed by atoms with Crippen LogP contribution in [0.4, 0.5) is 0 Å². The van der Waals surface area contributed by atoms with E-state index in [0.29, 0.717) is 25.9 Å². The van der Waals surface area contributed by atoms with Crippen LogP contribution in [0.1, 0.15) is 122 Å². The van der Waals surface area contributed by atoms with Crippen LogP contribution in [0.5, 0.6) is 0 Å². The van der Waals surface area contributed by atoms with E-state index in [0.717, 1.165) is 70.6 Å². The van der Waals surface area contributed by atoms with Crippen molar-refractivity contribution in [1.29, 1.82) is 0 Å². The Balaban J connectivity index is 3.60. The number of aliphatic hydroxyl groups is 2. The lowest BCUT2D eigenvalue weighted by Crippen LogP contribution is -2.25. The van der Waals surface area contributed by atoms with E-state index in [1.54, 1.807) is 0 Å². The molecule has 0 spiro atoms. The molecular weight excluding hydrogens is 492 g/mol. The van der Waals surface area contributed by atoms with E-state index in [1.807, 2.05) is 0 Å². The monoisotopic (exact) mass is 548 g/mol. The Morgan fingerprint density at radius 2 is 1.03 bits per heavy atom. The van der Waals surface area contributed by atoms with Gasteiger partial charge in [-0.3, -0.25) is 9.59 Å².